The summed E-state index contributed by atoms with van der Waals surface area (Å²) in [7, 11) is 0. The molecule has 7 heteroatoms. The van der Waals surface area contributed by atoms with Crippen molar-refractivity contribution in [2.75, 3.05) is 19.7 Å². The number of rotatable bonds is 6. The van der Waals surface area contributed by atoms with Gasteiger partial charge in [0.25, 0.3) is 5.91 Å². The van der Waals surface area contributed by atoms with Crippen molar-refractivity contribution in [3.05, 3.63) is 16.1 Å². The summed E-state index contributed by atoms with van der Waals surface area (Å²) in [5.74, 6) is -0.363. The van der Waals surface area contributed by atoms with Gasteiger partial charge in [-0.1, -0.05) is 0 Å². The number of nitrogens with two attached hydrogens (primary N) is 1. The lowest BCUT2D eigenvalue weighted by molar-refractivity contribution is 0.00316. The van der Waals surface area contributed by atoms with E-state index in [4.69, 9.17) is 10.8 Å². The number of aliphatic hydroxyl groups excluding tert-OH is 1. The summed E-state index contributed by atoms with van der Waals surface area (Å²) in [5, 5.41) is 23.3. The molecule has 1 heterocycles. The number of thiazole rings is 1. The van der Waals surface area contributed by atoms with Crippen LogP contribution >= 0.6 is 11.3 Å². The predicted molar refractivity (Wildman–Crippen MR) is 64.9 cm³/mol. The summed E-state index contributed by atoms with van der Waals surface area (Å²) in [6.07, 6.45) is 0.645. The first-order chi connectivity index (χ1) is 7.98. The van der Waals surface area contributed by atoms with Crippen LogP contribution in [0.25, 0.3) is 0 Å². The minimum Gasteiger partial charge on any atom is -0.393 e. The molecule has 6 nitrogen and oxygen atoms in total. The van der Waals surface area contributed by atoms with Crippen molar-refractivity contribution in [1.29, 1.82) is 0 Å². The van der Waals surface area contributed by atoms with Crippen LogP contribution in [0.5, 0.6) is 0 Å². The number of hydrogen-bond donors (Lipinski definition) is 4. The number of carbonyl (C=O) groups is 1. The van der Waals surface area contributed by atoms with Crippen molar-refractivity contribution in [1.82, 2.24) is 10.3 Å². The van der Waals surface area contributed by atoms with Gasteiger partial charge < -0.3 is 21.3 Å². The van der Waals surface area contributed by atoms with E-state index in [-0.39, 0.29) is 12.5 Å². The first-order valence-corrected chi connectivity index (χ1v) is 6.12. The molecule has 0 spiro atoms. The largest absolute Gasteiger partial charge is 0.393 e. The Kier molecular flexibility index (Phi) is 5.01. The monoisotopic (exact) mass is 259 g/mol. The molecule has 17 heavy (non-hydrogen) atoms. The molecule has 1 aromatic rings. The summed E-state index contributed by atoms with van der Waals surface area (Å²) in [6, 6.07) is 0. The Morgan fingerprint density at radius 3 is 3.00 bits per heavy atom. The zero-order valence-electron chi connectivity index (χ0n) is 9.64. The highest BCUT2D eigenvalue weighted by Gasteiger charge is 2.20. The second kappa shape index (κ2) is 6.06. The summed E-state index contributed by atoms with van der Waals surface area (Å²) >= 11 is 1.38. The van der Waals surface area contributed by atoms with Crippen LogP contribution in [-0.4, -0.2) is 46.4 Å². The Morgan fingerprint density at radius 1 is 1.71 bits per heavy atom. The van der Waals surface area contributed by atoms with Crippen LogP contribution in [0.15, 0.2) is 5.38 Å². The normalized spacial score (nSPS) is 14.4. The molecule has 1 atom stereocenters. The third-order valence-electron chi connectivity index (χ3n) is 2.11. The fraction of sp³-hybridized carbons (Fsp3) is 0.600. The van der Waals surface area contributed by atoms with Gasteiger partial charge in [-0.15, -0.1) is 11.3 Å². The van der Waals surface area contributed by atoms with Gasteiger partial charge in [0.2, 0.25) is 0 Å². The van der Waals surface area contributed by atoms with Crippen LogP contribution in [-0.2, 0) is 6.42 Å². The van der Waals surface area contributed by atoms with E-state index in [0.29, 0.717) is 18.7 Å². The van der Waals surface area contributed by atoms with E-state index < -0.39 is 12.2 Å². The van der Waals surface area contributed by atoms with Gasteiger partial charge in [0.15, 0.2) is 0 Å². The molecule has 0 aliphatic heterocycles. The van der Waals surface area contributed by atoms with Crippen molar-refractivity contribution in [3.63, 3.8) is 0 Å². The second-order valence-electron chi connectivity index (χ2n) is 4.00. The number of aliphatic hydroxyl groups is 2. The molecule has 0 bridgehead atoms. The minimum atomic E-state index is -1.31. The second-order valence-corrected chi connectivity index (χ2v) is 4.95. The van der Waals surface area contributed by atoms with Crippen LogP contribution in [0.4, 0.5) is 0 Å². The van der Waals surface area contributed by atoms with E-state index in [9.17, 15) is 9.90 Å². The topological polar surface area (TPSA) is 108 Å². The molecule has 1 amide bonds. The number of nitrogens with zero attached hydrogens (tertiary/aromatic N) is 1. The fourth-order valence-corrected chi connectivity index (χ4v) is 1.86. The van der Waals surface area contributed by atoms with Crippen LogP contribution in [0.2, 0.25) is 0 Å². The maximum atomic E-state index is 11.6. The van der Waals surface area contributed by atoms with Gasteiger partial charge in [0.05, 0.1) is 11.6 Å². The fourth-order valence-electron chi connectivity index (χ4n) is 1.07. The molecule has 1 aromatic heterocycles. The van der Waals surface area contributed by atoms with Gasteiger partial charge in [0, 0.05) is 18.3 Å². The summed E-state index contributed by atoms with van der Waals surface area (Å²) in [6.45, 7) is 1.50. The lowest BCUT2D eigenvalue weighted by Crippen LogP contribution is -2.43. The average Bonchev–Trinajstić information content (AvgIpc) is 2.75. The van der Waals surface area contributed by atoms with Gasteiger partial charge in [-0.3, -0.25) is 4.79 Å². The molecule has 0 aliphatic carbocycles. The van der Waals surface area contributed by atoms with Gasteiger partial charge >= 0.3 is 0 Å². The Hall–Kier alpha value is -1.02. The lowest BCUT2D eigenvalue weighted by atomic mass is 10.1. The van der Waals surface area contributed by atoms with Crippen molar-refractivity contribution in [2.45, 2.75) is 18.9 Å². The first-order valence-electron chi connectivity index (χ1n) is 5.24. The highest BCUT2D eigenvalue weighted by atomic mass is 32.1. The van der Waals surface area contributed by atoms with E-state index in [1.807, 2.05) is 0 Å². The molecule has 0 saturated heterocycles. The van der Waals surface area contributed by atoms with E-state index in [1.165, 1.54) is 18.3 Å². The molecule has 0 aliphatic rings. The van der Waals surface area contributed by atoms with Gasteiger partial charge in [-0.05, 0) is 13.5 Å². The third-order valence-corrected chi connectivity index (χ3v) is 3.02. The van der Waals surface area contributed by atoms with Crippen molar-refractivity contribution in [3.8, 4) is 0 Å². The van der Waals surface area contributed by atoms with E-state index >= 15 is 0 Å². The number of nitrogens with one attached hydrogen (secondary N) is 1. The Balaban J connectivity index is 2.52. The van der Waals surface area contributed by atoms with Crippen LogP contribution in [0.3, 0.4) is 0 Å². The maximum Gasteiger partial charge on any atom is 0.270 e. The molecule has 0 fully saturated rings. The van der Waals surface area contributed by atoms with Crippen molar-refractivity contribution < 1.29 is 15.0 Å². The quantitative estimate of drug-likeness (QED) is 0.530. The van der Waals surface area contributed by atoms with E-state index in [2.05, 4.69) is 10.3 Å². The zero-order valence-corrected chi connectivity index (χ0v) is 10.5. The number of amides is 1. The summed E-state index contributed by atoms with van der Waals surface area (Å²) in [4.78, 5) is 15.7. The molecule has 5 N–H and O–H groups in total. The Bertz CT molecular complexity index is 379. The molecule has 1 rings (SSSR count). The van der Waals surface area contributed by atoms with Crippen LogP contribution in [0.1, 0.15) is 22.4 Å². The SMILES string of the molecule is CC(O)(CO)CNC(=O)c1csc(CCN)n1. The standard InChI is InChI=1S/C10H17N3O3S/c1-10(16,6-14)5-12-9(15)7-4-17-8(13-7)2-3-11/h4,14,16H,2-3,5-6,11H2,1H3,(H,12,15). The van der Waals surface area contributed by atoms with Crippen molar-refractivity contribution >= 4 is 17.2 Å². The van der Waals surface area contributed by atoms with E-state index in [0.717, 1.165) is 5.01 Å². The average molecular weight is 259 g/mol. The number of hydrogen-bond acceptors (Lipinski definition) is 6. The minimum absolute atomic E-state index is 0.0217. The molecule has 96 valence electrons. The third kappa shape index (κ3) is 4.39. The first kappa shape index (κ1) is 14.0. The van der Waals surface area contributed by atoms with Crippen LogP contribution in [0, 0.1) is 0 Å². The predicted octanol–water partition coefficient (Wildman–Crippen LogP) is -0.883. The summed E-state index contributed by atoms with van der Waals surface area (Å²) in [5.41, 5.74) is 4.38. The number of carbonyl (C=O) groups excluding carboxylic acids is 1. The van der Waals surface area contributed by atoms with Gasteiger partial charge in [-0.25, -0.2) is 4.98 Å². The lowest BCUT2D eigenvalue weighted by Gasteiger charge is -2.20. The Morgan fingerprint density at radius 2 is 2.41 bits per heavy atom. The van der Waals surface area contributed by atoms with Gasteiger partial charge in [0.1, 0.15) is 11.3 Å². The zero-order chi connectivity index (χ0) is 12.9. The Labute approximate surface area is 103 Å². The molecular formula is C10H17N3O3S. The molecule has 0 radical (unpaired) electrons. The van der Waals surface area contributed by atoms with Crippen molar-refractivity contribution in [2.24, 2.45) is 5.73 Å². The maximum absolute atomic E-state index is 11.6. The van der Waals surface area contributed by atoms with E-state index in [1.54, 1.807) is 5.38 Å². The van der Waals surface area contributed by atoms with Crippen LogP contribution < -0.4 is 11.1 Å². The van der Waals surface area contributed by atoms with Gasteiger partial charge in [-0.2, -0.15) is 0 Å². The number of aromatic nitrogens is 1. The highest BCUT2D eigenvalue weighted by Crippen LogP contribution is 2.10. The molecular weight excluding hydrogens is 242 g/mol. The molecule has 0 aromatic carbocycles. The molecule has 0 saturated carbocycles. The molecule has 1 unspecified atom stereocenters. The smallest absolute Gasteiger partial charge is 0.270 e. The summed E-state index contributed by atoms with van der Waals surface area (Å²) < 4.78 is 0. The highest BCUT2D eigenvalue weighted by molar-refractivity contribution is 7.09.